The van der Waals surface area contributed by atoms with E-state index in [-0.39, 0.29) is 6.61 Å². The fourth-order valence-electron chi connectivity index (χ4n) is 1.47. The Labute approximate surface area is 105 Å². The molecule has 0 atom stereocenters. The highest BCUT2D eigenvalue weighted by molar-refractivity contribution is 7.58. The summed E-state index contributed by atoms with van der Waals surface area (Å²) in [5, 5.41) is 0. The topological polar surface area (TPSA) is 44.8 Å². The minimum Gasteiger partial charge on any atom is -0.354 e. The third-order valence-corrected chi connectivity index (χ3v) is 5.29. The molecule has 0 aliphatic heterocycles. The summed E-state index contributed by atoms with van der Waals surface area (Å²) in [6.45, 7) is 4.44. The van der Waals surface area contributed by atoms with Gasteiger partial charge < -0.3 is 14.0 Å². The van der Waals surface area contributed by atoms with Crippen molar-refractivity contribution in [3.05, 3.63) is 0 Å². The number of unbranched alkanes of at least 4 members (excludes halogenated alkanes) is 2. The van der Waals surface area contributed by atoms with Crippen LogP contribution in [0, 0.1) is 0 Å². The van der Waals surface area contributed by atoms with Gasteiger partial charge in [0, 0.05) is 26.5 Å². The lowest BCUT2D eigenvalue weighted by Gasteiger charge is -2.21. The highest BCUT2D eigenvalue weighted by Crippen LogP contribution is 2.48. The molecular formula is C12H27O4P. The Kier molecular flexibility index (Phi) is 10.1. The summed E-state index contributed by atoms with van der Waals surface area (Å²) in [5.41, 5.74) is 0. The Morgan fingerprint density at radius 2 is 1.47 bits per heavy atom. The number of methoxy groups -OCH3 is 2. The first-order valence-electron chi connectivity index (χ1n) is 6.40. The molecule has 0 aromatic rings. The van der Waals surface area contributed by atoms with E-state index in [0.717, 1.165) is 25.7 Å². The lowest BCUT2D eigenvalue weighted by molar-refractivity contribution is -0.121. The van der Waals surface area contributed by atoms with Gasteiger partial charge >= 0.3 is 0 Å². The van der Waals surface area contributed by atoms with Gasteiger partial charge in [0.2, 0.25) is 7.37 Å². The molecule has 0 saturated heterocycles. The van der Waals surface area contributed by atoms with Gasteiger partial charge in [0.25, 0.3) is 0 Å². The van der Waals surface area contributed by atoms with Crippen molar-refractivity contribution >= 4 is 7.37 Å². The number of hydrogen-bond donors (Lipinski definition) is 0. The Hall–Kier alpha value is 0.110. The standard InChI is InChI=1S/C12H27O4P/c1-5-7-9-17(13,10-8-6-2)16-11-12(14-3)15-4/h12H,5-11H2,1-4H3. The molecular weight excluding hydrogens is 239 g/mol. The van der Waals surface area contributed by atoms with Gasteiger partial charge in [-0.1, -0.05) is 26.7 Å². The lowest BCUT2D eigenvalue weighted by atomic mass is 10.4. The molecule has 0 radical (unpaired) electrons. The number of ether oxygens (including phenoxy) is 2. The van der Waals surface area contributed by atoms with Crippen molar-refractivity contribution in [3.63, 3.8) is 0 Å². The van der Waals surface area contributed by atoms with E-state index in [4.69, 9.17) is 14.0 Å². The molecule has 17 heavy (non-hydrogen) atoms. The minimum atomic E-state index is -2.49. The van der Waals surface area contributed by atoms with Crippen LogP contribution in [0.3, 0.4) is 0 Å². The van der Waals surface area contributed by atoms with Gasteiger partial charge in [0.05, 0.1) is 0 Å². The zero-order valence-corrected chi connectivity index (χ0v) is 12.5. The van der Waals surface area contributed by atoms with E-state index in [1.54, 1.807) is 14.2 Å². The van der Waals surface area contributed by atoms with E-state index in [1.165, 1.54) is 0 Å². The smallest absolute Gasteiger partial charge is 0.203 e. The van der Waals surface area contributed by atoms with Crippen molar-refractivity contribution in [3.8, 4) is 0 Å². The summed E-state index contributed by atoms with van der Waals surface area (Å²) < 4.78 is 28.2. The maximum Gasteiger partial charge on any atom is 0.203 e. The first-order chi connectivity index (χ1) is 8.11. The molecule has 0 aromatic carbocycles. The predicted octanol–water partition coefficient (Wildman–Crippen LogP) is 3.50. The third-order valence-electron chi connectivity index (χ3n) is 2.68. The van der Waals surface area contributed by atoms with Gasteiger partial charge in [-0.3, -0.25) is 4.57 Å². The normalized spacial score (nSPS) is 12.3. The second kappa shape index (κ2) is 10.1. The molecule has 0 aliphatic carbocycles. The Morgan fingerprint density at radius 1 is 1.00 bits per heavy atom. The zero-order chi connectivity index (χ0) is 13.1. The first-order valence-corrected chi connectivity index (χ1v) is 8.39. The molecule has 104 valence electrons. The summed E-state index contributed by atoms with van der Waals surface area (Å²) in [7, 11) is 0.620. The molecule has 0 N–H and O–H groups in total. The fourth-order valence-corrected chi connectivity index (χ4v) is 3.94. The molecule has 0 heterocycles. The van der Waals surface area contributed by atoms with E-state index < -0.39 is 13.7 Å². The predicted molar refractivity (Wildman–Crippen MR) is 70.9 cm³/mol. The van der Waals surface area contributed by atoms with Gasteiger partial charge in [-0.15, -0.1) is 0 Å². The molecule has 0 rings (SSSR count). The fraction of sp³-hybridized carbons (Fsp3) is 1.00. The van der Waals surface area contributed by atoms with E-state index in [0.29, 0.717) is 12.3 Å². The van der Waals surface area contributed by atoms with Crippen molar-refractivity contribution in [2.24, 2.45) is 0 Å². The molecule has 5 heteroatoms. The maximum atomic E-state index is 12.5. The van der Waals surface area contributed by atoms with Crippen molar-refractivity contribution in [2.75, 3.05) is 33.2 Å². The summed E-state index contributed by atoms with van der Waals surface area (Å²) in [6.07, 6.45) is 4.89. The monoisotopic (exact) mass is 266 g/mol. The summed E-state index contributed by atoms with van der Waals surface area (Å²) in [5.74, 6) is 0. The van der Waals surface area contributed by atoms with Gasteiger partial charge in [-0.05, 0) is 12.8 Å². The van der Waals surface area contributed by atoms with Crippen LogP contribution in [-0.2, 0) is 18.6 Å². The molecule has 4 nitrogen and oxygen atoms in total. The van der Waals surface area contributed by atoms with Crippen LogP contribution in [0.1, 0.15) is 39.5 Å². The molecule has 0 amide bonds. The van der Waals surface area contributed by atoms with Crippen LogP contribution in [0.4, 0.5) is 0 Å². The van der Waals surface area contributed by atoms with E-state index in [1.807, 2.05) is 0 Å². The van der Waals surface area contributed by atoms with E-state index in [9.17, 15) is 4.57 Å². The van der Waals surface area contributed by atoms with Crippen LogP contribution >= 0.6 is 7.37 Å². The van der Waals surface area contributed by atoms with Crippen molar-refractivity contribution in [2.45, 2.75) is 45.8 Å². The summed E-state index contributed by atoms with van der Waals surface area (Å²) >= 11 is 0. The van der Waals surface area contributed by atoms with Crippen molar-refractivity contribution in [1.82, 2.24) is 0 Å². The van der Waals surface area contributed by atoms with Crippen LogP contribution in [-0.4, -0.2) is 39.4 Å². The summed E-state index contributed by atoms with van der Waals surface area (Å²) in [6, 6.07) is 0. The van der Waals surface area contributed by atoms with Gasteiger partial charge in [-0.25, -0.2) is 0 Å². The molecule has 0 saturated carbocycles. The average Bonchev–Trinajstić information content (AvgIpc) is 2.35. The molecule has 0 fully saturated rings. The average molecular weight is 266 g/mol. The maximum absolute atomic E-state index is 12.5. The Balaban J connectivity index is 4.21. The SMILES string of the molecule is CCCCP(=O)(CCCC)OCC(OC)OC. The Morgan fingerprint density at radius 3 is 1.82 bits per heavy atom. The second-order valence-corrected chi connectivity index (χ2v) is 6.95. The first kappa shape index (κ1) is 17.1. The number of rotatable bonds is 11. The molecule has 0 aliphatic rings. The molecule has 0 spiro atoms. The van der Waals surface area contributed by atoms with Crippen LogP contribution in [0.2, 0.25) is 0 Å². The van der Waals surface area contributed by atoms with E-state index in [2.05, 4.69) is 13.8 Å². The third kappa shape index (κ3) is 7.93. The van der Waals surface area contributed by atoms with Crippen LogP contribution in [0.25, 0.3) is 0 Å². The molecule has 0 bridgehead atoms. The van der Waals surface area contributed by atoms with Gasteiger partial charge in [0.1, 0.15) is 6.61 Å². The van der Waals surface area contributed by atoms with Crippen molar-refractivity contribution in [1.29, 1.82) is 0 Å². The highest BCUT2D eigenvalue weighted by Gasteiger charge is 2.23. The summed E-state index contributed by atoms with van der Waals surface area (Å²) in [4.78, 5) is 0. The van der Waals surface area contributed by atoms with Gasteiger partial charge in [-0.2, -0.15) is 0 Å². The molecule has 0 aromatic heterocycles. The van der Waals surface area contributed by atoms with Gasteiger partial charge in [0.15, 0.2) is 6.29 Å². The van der Waals surface area contributed by atoms with Crippen LogP contribution in [0.15, 0.2) is 0 Å². The van der Waals surface area contributed by atoms with E-state index >= 15 is 0 Å². The van der Waals surface area contributed by atoms with Crippen LogP contribution < -0.4 is 0 Å². The Bertz CT molecular complexity index is 205. The number of hydrogen-bond acceptors (Lipinski definition) is 4. The largest absolute Gasteiger partial charge is 0.354 e. The van der Waals surface area contributed by atoms with Crippen molar-refractivity contribution < 1.29 is 18.6 Å². The zero-order valence-electron chi connectivity index (χ0n) is 11.6. The lowest BCUT2D eigenvalue weighted by Crippen LogP contribution is -2.20. The minimum absolute atomic E-state index is 0.248. The van der Waals surface area contributed by atoms with Crippen LogP contribution in [0.5, 0.6) is 0 Å². The highest BCUT2D eigenvalue weighted by atomic mass is 31.2. The molecule has 0 unspecified atom stereocenters. The quantitative estimate of drug-likeness (QED) is 0.424. The second-order valence-electron chi connectivity index (χ2n) is 4.17.